The molecule has 4 nitrogen and oxygen atoms in total. The molecule has 2 rings (SSSR count). The molecule has 0 unspecified atom stereocenters. The lowest BCUT2D eigenvalue weighted by atomic mass is 10.1. The van der Waals surface area contributed by atoms with Gasteiger partial charge in [0.05, 0.1) is 5.52 Å². The van der Waals surface area contributed by atoms with E-state index in [1.54, 1.807) is 0 Å². The molecule has 0 fully saturated rings. The molecule has 0 spiro atoms. The van der Waals surface area contributed by atoms with Crippen LogP contribution >= 0.6 is 0 Å². The Balaban J connectivity index is 2.95. The lowest BCUT2D eigenvalue weighted by molar-refractivity contribution is 0.460. The number of aromatic hydroxyl groups is 1. The number of nitroso groups, excluding NO2 is 1. The number of aromatic amines is 1. The first-order valence-electron chi connectivity index (χ1n) is 4.28. The molecule has 0 atom stereocenters. The number of hydrogen-bond acceptors (Lipinski definition) is 3. The van der Waals surface area contributed by atoms with Crippen molar-refractivity contribution in [2.75, 3.05) is 0 Å². The summed E-state index contributed by atoms with van der Waals surface area (Å²) in [5.41, 5.74) is 2.85. The second-order valence-corrected chi connectivity index (χ2v) is 3.42. The third kappa shape index (κ3) is 1.08. The molecule has 1 heterocycles. The van der Waals surface area contributed by atoms with Crippen LogP contribution in [0.4, 0.5) is 5.69 Å². The van der Waals surface area contributed by atoms with Gasteiger partial charge in [-0.3, -0.25) is 0 Å². The van der Waals surface area contributed by atoms with Crippen LogP contribution in [-0.4, -0.2) is 10.1 Å². The van der Waals surface area contributed by atoms with E-state index in [0.29, 0.717) is 5.39 Å². The number of rotatable bonds is 1. The van der Waals surface area contributed by atoms with Gasteiger partial charge in [-0.1, -0.05) is 6.07 Å². The van der Waals surface area contributed by atoms with Crippen molar-refractivity contribution < 1.29 is 5.11 Å². The first kappa shape index (κ1) is 8.74. The van der Waals surface area contributed by atoms with E-state index in [4.69, 9.17) is 0 Å². The SMILES string of the molecule is Cc1cc(C)c2c(N=O)c(O)[nH]c2c1. The minimum absolute atomic E-state index is 0.0949. The van der Waals surface area contributed by atoms with Crippen molar-refractivity contribution in [3.05, 3.63) is 28.2 Å². The lowest BCUT2D eigenvalue weighted by Crippen LogP contribution is -1.78. The van der Waals surface area contributed by atoms with Crippen molar-refractivity contribution in [3.63, 3.8) is 0 Å². The van der Waals surface area contributed by atoms with E-state index < -0.39 is 0 Å². The van der Waals surface area contributed by atoms with Crippen LogP contribution < -0.4 is 0 Å². The largest absolute Gasteiger partial charge is 0.493 e. The minimum atomic E-state index is -0.163. The van der Waals surface area contributed by atoms with Crippen molar-refractivity contribution in [3.8, 4) is 5.88 Å². The first-order chi connectivity index (χ1) is 6.63. The van der Waals surface area contributed by atoms with Gasteiger partial charge in [-0.05, 0) is 36.2 Å². The van der Waals surface area contributed by atoms with Gasteiger partial charge in [-0.2, -0.15) is 0 Å². The van der Waals surface area contributed by atoms with Gasteiger partial charge < -0.3 is 10.1 Å². The van der Waals surface area contributed by atoms with Crippen LogP contribution in [0.1, 0.15) is 11.1 Å². The Morgan fingerprint density at radius 1 is 1.36 bits per heavy atom. The summed E-state index contributed by atoms with van der Waals surface area (Å²) in [5.74, 6) is -0.163. The zero-order valence-electron chi connectivity index (χ0n) is 7.96. The van der Waals surface area contributed by atoms with Crippen molar-refractivity contribution in [2.24, 2.45) is 5.18 Å². The highest BCUT2D eigenvalue weighted by atomic mass is 16.3. The topological polar surface area (TPSA) is 65.4 Å². The van der Waals surface area contributed by atoms with Gasteiger partial charge in [0.25, 0.3) is 0 Å². The fourth-order valence-electron chi connectivity index (χ4n) is 1.77. The number of hydrogen-bond donors (Lipinski definition) is 2. The van der Waals surface area contributed by atoms with Crippen LogP contribution in [0.25, 0.3) is 10.9 Å². The Hall–Kier alpha value is -1.84. The van der Waals surface area contributed by atoms with Crippen molar-refractivity contribution in [1.29, 1.82) is 0 Å². The number of fused-ring (bicyclic) bond motifs is 1. The second-order valence-electron chi connectivity index (χ2n) is 3.42. The first-order valence-corrected chi connectivity index (χ1v) is 4.28. The van der Waals surface area contributed by atoms with Gasteiger partial charge in [0.2, 0.25) is 5.88 Å². The highest BCUT2D eigenvalue weighted by Gasteiger charge is 2.13. The van der Waals surface area contributed by atoms with Crippen LogP contribution in [0, 0.1) is 18.8 Å². The van der Waals surface area contributed by atoms with Crippen molar-refractivity contribution in [2.45, 2.75) is 13.8 Å². The van der Waals surface area contributed by atoms with E-state index in [9.17, 15) is 10.0 Å². The molecular formula is C10H10N2O2. The zero-order chi connectivity index (χ0) is 10.3. The Labute approximate surface area is 80.5 Å². The summed E-state index contributed by atoms with van der Waals surface area (Å²) in [4.78, 5) is 13.2. The van der Waals surface area contributed by atoms with Gasteiger partial charge >= 0.3 is 0 Å². The number of aryl methyl sites for hydroxylation is 2. The van der Waals surface area contributed by atoms with Crippen molar-refractivity contribution >= 4 is 16.6 Å². The van der Waals surface area contributed by atoms with Gasteiger partial charge in [0.15, 0.2) is 5.69 Å². The standard InChI is InChI=1S/C10H10N2O2/c1-5-3-6(2)8-7(4-5)11-10(13)9(8)12-14/h3-4,11,13H,1-2H3. The quantitative estimate of drug-likeness (QED) is 0.679. The summed E-state index contributed by atoms with van der Waals surface area (Å²) in [5, 5.41) is 12.9. The predicted molar refractivity (Wildman–Crippen MR) is 54.9 cm³/mol. The molecule has 0 aliphatic heterocycles. The van der Waals surface area contributed by atoms with Crippen LogP contribution in [0.15, 0.2) is 17.3 Å². The molecule has 0 bridgehead atoms. The van der Waals surface area contributed by atoms with Gasteiger partial charge in [0.1, 0.15) is 0 Å². The normalized spacial score (nSPS) is 10.7. The molecule has 2 N–H and O–H groups in total. The maximum Gasteiger partial charge on any atom is 0.219 e. The maximum atomic E-state index is 10.5. The van der Waals surface area contributed by atoms with Crippen molar-refractivity contribution in [1.82, 2.24) is 4.98 Å². The molecule has 0 saturated carbocycles. The number of aromatic nitrogens is 1. The fourth-order valence-corrected chi connectivity index (χ4v) is 1.77. The Kier molecular flexibility index (Phi) is 1.77. The van der Waals surface area contributed by atoms with Crippen LogP contribution in [0.3, 0.4) is 0 Å². The van der Waals surface area contributed by atoms with E-state index in [1.165, 1.54) is 0 Å². The van der Waals surface area contributed by atoms with Gasteiger partial charge in [-0.15, -0.1) is 4.91 Å². The van der Waals surface area contributed by atoms with Gasteiger partial charge in [0, 0.05) is 5.39 Å². The summed E-state index contributed by atoms with van der Waals surface area (Å²) < 4.78 is 0. The van der Waals surface area contributed by atoms with Crippen LogP contribution in [-0.2, 0) is 0 Å². The van der Waals surface area contributed by atoms with E-state index in [-0.39, 0.29) is 11.6 Å². The molecule has 14 heavy (non-hydrogen) atoms. The average molecular weight is 190 g/mol. The number of nitrogens with one attached hydrogen (secondary N) is 1. The Bertz CT molecular complexity index is 514. The predicted octanol–water partition coefficient (Wildman–Crippen LogP) is 2.89. The zero-order valence-corrected chi connectivity index (χ0v) is 7.96. The molecule has 1 aromatic heterocycles. The molecule has 0 saturated heterocycles. The second kappa shape index (κ2) is 2.83. The fraction of sp³-hybridized carbons (Fsp3) is 0.200. The molecule has 0 radical (unpaired) electrons. The highest BCUT2D eigenvalue weighted by Crippen LogP contribution is 2.37. The Morgan fingerprint density at radius 3 is 2.71 bits per heavy atom. The molecule has 0 aliphatic carbocycles. The minimum Gasteiger partial charge on any atom is -0.493 e. The highest BCUT2D eigenvalue weighted by molar-refractivity contribution is 5.97. The number of benzene rings is 1. The molecule has 0 aliphatic rings. The van der Waals surface area contributed by atoms with Crippen LogP contribution in [0.2, 0.25) is 0 Å². The maximum absolute atomic E-state index is 10.5. The van der Waals surface area contributed by atoms with Gasteiger partial charge in [-0.25, -0.2) is 0 Å². The smallest absolute Gasteiger partial charge is 0.219 e. The monoisotopic (exact) mass is 190 g/mol. The summed E-state index contributed by atoms with van der Waals surface area (Å²) in [6.45, 7) is 3.84. The molecular weight excluding hydrogens is 180 g/mol. The molecule has 2 aromatic rings. The summed E-state index contributed by atoms with van der Waals surface area (Å²) in [6.07, 6.45) is 0. The Morgan fingerprint density at radius 2 is 2.07 bits per heavy atom. The van der Waals surface area contributed by atoms with E-state index >= 15 is 0 Å². The van der Waals surface area contributed by atoms with E-state index in [2.05, 4.69) is 10.2 Å². The van der Waals surface area contributed by atoms with Crippen LogP contribution in [0.5, 0.6) is 5.88 Å². The number of nitrogens with zero attached hydrogens (tertiary/aromatic N) is 1. The molecule has 4 heteroatoms. The summed E-state index contributed by atoms with van der Waals surface area (Å²) in [7, 11) is 0. The lowest BCUT2D eigenvalue weighted by Gasteiger charge is -1.98. The van der Waals surface area contributed by atoms with E-state index in [0.717, 1.165) is 16.6 Å². The molecule has 72 valence electrons. The third-order valence-electron chi connectivity index (χ3n) is 2.29. The third-order valence-corrected chi connectivity index (χ3v) is 2.29. The van der Waals surface area contributed by atoms with E-state index in [1.807, 2.05) is 26.0 Å². The summed E-state index contributed by atoms with van der Waals surface area (Å²) in [6, 6.07) is 3.82. The molecule has 1 aromatic carbocycles. The average Bonchev–Trinajstić information content (AvgIpc) is 2.40. The summed E-state index contributed by atoms with van der Waals surface area (Å²) >= 11 is 0. The number of H-pyrrole nitrogens is 1. The molecule has 0 amide bonds.